The summed E-state index contributed by atoms with van der Waals surface area (Å²) in [6.07, 6.45) is -3.91. The van der Waals surface area contributed by atoms with Crippen LogP contribution < -0.4 is 0 Å². The second kappa shape index (κ2) is 9.11. The molecule has 0 bridgehead atoms. The van der Waals surface area contributed by atoms with Crippen molar-refractivity contribution in [2.24, 2.45) is 12.2 Å². The highest BCUT2D eigenvalue weighted by Crippen LogP contribution is 2.38. The second-order valence-corrected chi connectivity index (χ2v) is 7.80. The molecule has 3 rings (SSSR count). The Morgan fingerprint density at radius 2 is 1.87 bits per heavy atom. The molecule has 0 saturated heterocycles. The summed E-state index contributed by atoms with van der Waals surface area (Å²) in [6.45, 7) is 0. The lowest BCUT2D eigenvalue weighted by atomic mass is 10.2. The molecule has 0 radical (unpaired) electrons. The molecule has 0 atom stereocenters. The lowest BCUT2D eigenvalue weighted by Gasteiger charge is -2.05. The lowest BCUT2D eigenvalue weighted by Crippen LogP contribution is -2.09. The van der Waals surface area contributed by atoms with Gasteiger partial charge in [-0.3, -0.25) is 4.68 Å². The van der Waals surface area contributed by atoms with Crippen LogP contribution in [0.15, 0.2) is 63.6 Å². The number of halogens is 5. The second-order valence-electron chi connectivity index (χ2n) is 5.87. The number of rotatable bonds is 5. The van der Waals surface area contributed by atoms with Crippen molar-refractivity contribution in [3.8, 4) is 0 Å². The summed E-state index contributed by atoms with van der Waals surface area (Å²) < 4.78 is 41.4. The van der Waals surface area contributed by atoms with E-state index in [1.807, 2.05) is 0 Å². The van der Waals surface area contributed by atoms with Crippen molar-refractivity contribution in [3.63, 3.8) is 0 Å². The van der Waals surface area contributed by atoms with Crippen LogP contribution in [-0.4, -0.2) is 22.0 Å². The number of benzene rings is 2. The lowest BCUT2D eigenvalue weighted by molar-refractivity contribution is -0.141. The van der Waals surface area contributed by atoms with Gasteiger partial charge in [0, 0.05) is 22.0 Å². The molecule has 1 aromatic heterocycles. The molecule has 2 aromatic carbocycles. The number of hydrogen-bond acceptors (Lipinski definition) is 5. The topological polar surface area (TPSA) is 56.5 Å². The Kier molecular flexibility index (Phi) is 6.74. The first-order valence-electron chi connectivity index (χ1n) is 8.23. The minimum Gasteiger partial charge on any atom is -0.313 e. The van der Waals surface area contributed by atoms with E-state index in [0.717, 1.165) is 22.7 Å². The van der Waals surface area contributed by atoms with E-state index in [9.17, 15) is 18.0 Å². The molecule has 0 spiro atoms. The number of alkyl halides is 3. The number of carbonyl (C=O) groups is 1. The molecule has 0 unspecified atom stereocenters. The number of oxime groups is 1. The average Bonchev–Trinajstić information content (AvgIpc) is 2.98. The van der Waals surface area contributed by atoms with Gasteiger partial charge in [-0.25, -0.2) is 4.79 Å². The van der Waals surface area contributed by atoms with E-state index < -0.39 is 17.8 Å². The van der Waals surface area contributed by atoms with E-state index in [1.165, 1.54) is 31.3 Å². The van der Waals surface area contributed by atoms with E-state index in [4.69, 9.17) is 28.0 Å². The van der Waals surface area contributed by atoms with Gasteiger partial charge in [-0.05, 0) is 42.5 Å². The molecular formula is C19H12Cl2F3N3O2S. The fraction of sp³-hybridized carbons (Fsp3) is 0.105. The molecule has 0 saturated carbocycles. The molecule has 30 heavy (non-hydrogen) atoms. The molecule has 0 aliphatic heterocycles. The van der Waals surface area contributed by atoms with Crippen LogP contribution in [0.25, 0.3) is 0 Å². The van der Waals surface area contributed by atoms with E-state index in [1.54, 1.807) is 24.3 Å². The van der Waals surface area contributed by atoms with Crippen LogP contribution in [0.5, 0.6) is 0 Å². The first-order chi connectivity index (χ1) is 14.1. The van der Waals surface area contributed by atoms with Crippen molar-refractivity contribution >= 4 is 47.1 Å². The van der Waals surface area contributed by atoms with Crippen molar-refractivity contribution in [2.75, 3.05) is 0 Å². The highest BCUT2D eigenvalue weighted by molar-refractivity contribution is 7.99. The molecule has 11 heteroatoms. The van der Waals surface area contributed by atoms with Gasteiger partial charge in [-0.1, -0.05) is 46.2 Å². The normalized spacial score (nSPS) is 11.8. The van der Waals surface area contributed by atoms with Gasteiger partial charge < -0.3 is 4.84 Å². The Morgan fingerprint density at radius 3 is 2.50 bits per heavy atom. The molecule has 0 aliphatic rings. The SMILES string of the molecule is Cn1nc(C(F)(F)F)c(C=NOC(=O)c2ccc(Cl)cc2)c1Sc1cccc(Cl)c1. The summed E-state index contributed by atoms with van der Waals surface area (Å²) in [5.41, 5.74) is -1.34. The number of hydrogen-bond donors (Lipinski definition) is 0. The molecule has 1 heterocycles. The van der Waals surface area contributed by atoms with Crippen molar-refractivity contribution in [2.45, 2.75) is 16.1 Å². The number of nitrogens with zero attached hydrogens (tertiary/aromatic N) is 3. The number of carbonyl (C=O) groups excluding carboxylic acids is 1. The van der Waals surface area contributed by atoms with E-state index in [0.29, 0.717) is 14.9 Å². The van der Waals surface area contributed by atoms with Crippen molar-refractivity contribution in [1.82, 2.24) is 9.78 Å². The zero-order valence-corrected chi connectivity index (χ0v) is 17.5. The summed E-state index contributed by atoms with van der Waals surface area (Å²) in [5.74, 6) is -0.843. The van der Waals surface area contributed by atoms with Crippen LogP contribution >= 0.6 is 35.0 Å². The zero-order valence-electron chi connectivity index (χ0n) is 15.2. The van der Waals surface area contributed by atoms with Gasteiger partial charge in [0.05, 0.1) is 17.3 Å². The largest absolute Gasteiger partial charge is 0.435 e. The summed E-state index contributed by atoms with van der Waals surface area (Å²) in [5, 5.41) is 8.01. The van der Waals surface area contributed by atoms with E-state index >= 15 is 0 Å². The maximum Gasteiger partial charge on any atom is 0.435 e. The molecule has 0 amide bonds. The van der Waals surface area contributed by atoms with Crippen LogP contribution in [0.1, 0.15) is 21.6 Å². The monoisotopic (exact) mass is 473 g/mol. The molecular weight excluding hydrogens is 462 g/mol. The van der Waals surface area contributed by atoms with Gasteiger partial charge in [-0.15, -0.1) is 0 Å². The summed E-state index contributed by atoms with van der Waals surface area (Å²) in [6, 6.07) is 12.4. The zero-order chi connectivity index (χ0) is 21.9. The van der Waals surface area contributed by atoms with Crippen LogP contribution in [0, 0.1) is 0 Å². The predicted octanol–water partition coefficient (Wildman–Crippen LogP) is 6.09. The van der Waals surface area contributed by atoms with Gasteiger partial charge in [-0.2, -0.15) is 18.3 Å². The van der Waals surface area contributed by atoms with E-state index in [-0.39, 0.29) is 16.2 Å². The van der Waals surface area contributed by atoms with Crippen molar-refractivity contribution < 1.29 is 22.8 Å². The highest BCUT2D eigenvalue weighted by Gasteiger charge is 2.38. The Hall–Kier alpha value is -2.49. The Morgan fingerprint density at radius 1 is 1.17 bits per heavy atom. The summed E-state index contributed by atoms with van der Waals surface area (Å²) in [4.78, 5) is 17.3. The first-order valence-corrected chi connectivity index (χ1v) is 9.80. The number of aromatic nitrogens is 2. The standard InChI is InChI=1S/C19H12Cl2F3N3O2S/c1-27-17(30-14-4-2-3-13(21)9-14)15(16(26-27)19(22,23)24)10-25-29-18(28)11-5-7-12(20)8-6-11/h2-10H,1H3. The average molecular weight is 474 g/mol. The maximum absolute atomic E-state index is 13.4. The van der Waals surface area contributed by atoms with E-state index in [2.05, 4.69) is 10.3 Å². The molecule has 0 aliphatic carbocycles. The number of aryl methyl sites for hydroxylation is 1. The maximum atomic E-state index is 13.4. The third-order valence-electron chi connectivity index (χ3n) is 3.71. The predicted molar refractivity (Wildman–Crippen MR) is 108 cm³/mol. The smallest absolute Gasteiger partial charge is 0.313 e. The minimum absolute atomic E-state index is 0.146. The summed E-state index contributed by atoms with van der Waals surface area (Å²) >= 11 is 12.7. The van der Waals surface area contributed by atoms with Gasteiger partial charge in [0.1, 0.15) is 5.03 Å². The van der Waals surface area contributed by atoms with Gasteiger partial charge >= 0.3 is 12.1 Å². The molecule has 0 N–H and O–H groups in total. The molecule has 5 nitrogen and oxygen atoms in total. The van der Waals surface area contributed by atoms with Crippen LogP contribution in [-0.2, 0) is 18.1 Å². The van der Waals surface area contributed by atoms with Crippen LogP contribution in [0.3, 0.4) is 0 Å². The molecule has 0 fully saturated rings. The fourth-order valence-electron chi connectivity index (χ4n) is 2.38. The summed E-state index contributed by atoms with van der Waals surface area (Å²) in [7, 11) is 1.37. The first kappa shape index (κ1) is 22.2. The van der Waals surface area contributed by atoms with Crippen LogP contribution in [0.4, 0.5) is 13.2 Å². The van der Waals surface area contributed by atoms with Gasteiger partial charge in [0.2, 0.25) is 0 Å². The highest BCUT2D eigenvalue weighted by atomic mass is 35.5. The minimum atomic E-state index is -4.73. The third-order valence-corrected chi connectivity index (χ3v) is 5.36. The van der Waals surface area contributed by atoms with Gasteiger partial charge in [0.15, 0.2) is 5.69 Å². The quantitative estimate of drug-likeness (QED) is 0.255. The van der Waals surface area contributed by atoms with Crippen LogP contribution in [0.2, 0.25) is 10.0 Å². The van der Waals surface area contributed by atoms with Crippen molar-refractivity contribution in [3.05, 3.63) is 75.4 Å². The third kappa shape index (κ3) is 5.35. The molecule has 156 valence electrons. The van der Waals surface area contributed by atoms with Crippen molar-refractivity contribution in [1.29, 1.82) is 0 Å². The Labute approximate surface area is 183 Å². The fourth-order valence-corrected chi connectivity index (χ4v) is 3.75. The molecule has 3 aromatic rings. The Bertz CT molecular complexity index is 1100. The van der Waals surface area contributed by atoms with Gasteiger partial charge in [0.25, 0.3) is 0 Å². The Balaban J connectivity index is 1.90.